The molecule has 3 aromatic rings. The summed E-state index contributed by atoms with van der Waals surface area (Å²) in [6, 6.07) is 12.5. The van der Waals surface area contributed by atoms with Crippen LogP contribution in [0, 0.1) is 0 Å². The number of ketones is 2. The maximum absolute atomic E-state index is 12.3. The Morgan fingerprint density at radius 3 is 2.40 bits per heavy atom. The summed E-state index contributed by atoms with van der Waals surface area (Å²) < 4.78 is 1.70. The van der Waals surface area contributed by atoms with E-state index in [0.29, 0.717) is 22.5 Å². The van der Waals surface area contributed by atoms with Crippen molar-refractivity contribution in [3.05, 3.63) is 71.7 Å². The molecule has 0 bridgehead atoms. The average molecular weight is 264 g/mol. The van der Waals surface area contributed by atoms with Crippen molar-refractivity contribution < 1.29 is 9.59 Å². The van der Waals surface area contributed by atoms with Gasteiger partial charge in [-0.3, -0.25) is 9.59 Å². The van der Waals surface area contributed by atoms with E-state index in [-0.39, 0.29) is 11.6 Å². The summed E-state index contributed by atoms with van der Waals surface area (Å²) in [6.45, 7) is 1.51. The van der Waals surface area contributed by atoms with E-state index in [1.165, 1.54) is 6.92 Å². The number of Topliss-reactive ketones (excluding diaryl/α,β-unsaturated/α-hetero) is 1. The predicted octanol–water partition coefficient (Wildman–Crippen LogP) is 2.77. The Hall–Kier alpha value is -2.75. The third kappa shape index (κ3) is 2.12. The minimum atomic E-state index is -0.126. The molecule has 1 aromatic carbocycles. The van der Waals surface area contributed by atoms with Gasteiger partial charge in [-0.2, -0.15) is 0 Å². The van der Waals surface area contributed by atoms with Crippen molar-refractivity contribution >= 4 is 17.2 Å². The van der Waals surface area contributed by atoms with Gasteiger partial charge in [0.05, 0.1) is 0 Å². The Bertz CT molecular complexity index is 804. The van der Waals surface area contributed by atoms with E-state index in [1.54, 1.807) is 41.1 Å². The zero-order chi connectivity index (χ0) is 14.1. The summed E-state index contributed by atoms with van der Waals surface area (Å²) in [7, 11) is 0. The number of benzene rings is 1. The molecule has 3 rings (SSSR count). The lowest BCUT2D eigenvalue weighted by Crippen LogP contribution is -2.00. The van der Waals surface area contributed by atoms with Gasteiger partial charge in [-0.25, -0.2) is 4.98 Å². The quantitative estimate of drug-likeness (QED) is 0.683. The van der Waals surface area contributed by atoms with Gasteiger partial charge in [0.1, 0.15) is 11.3 Å². The lowest BCUT2D eigenvalue weighted by Gasteiger charge is -1.96. The predicted molar refractivity (Wildman–Crippen MR) is 75.1 cm³/mol. The molecule has 2 aromatic heterocycles. The van der Waals surface area contributed by atoms with Gasteiger partial charge < -0.3 is 4.40 Å². The number of pyridine rings is 1. The Morgan fingerprint density at radius 2 is 1.70 bits per heavy atom. The average Bonchev–Trinajstić information content (AvgIpc) is 2.90. The first-order valence-electron chi connectivity index (χ1n) is 6.24. The van der Waals surface area contributed by atoms with Crippen LogP contribution in [-0.4, -0.2) is 21.0 Å². The molecule has 0 aliphatic carbocycles. The van der Waals surface area contributed by atoms with Gasteiger partial charge in [0, 0.05) is 23.5 Å². The molecule has 4 heteroatoms. The molecule has 0 saturated carbocycles. The van der Waals surface area contributed by atoms with Crippen LogP contribution < -0.4 is 0 Å². The molecule has 0 unspecified atom stereocenters. The van der Waals surface area contributed by atoms with Crippen LogP contribution in [0.2, 0.25) is 0 Å². The van der Waals surface area contributed by atoms with Gasteiger partial charge in [-0.1, -0.05) is 30.3 Å². The maximum Gasteiger partial charge on any atom is 0.212 e. The summed E-state index contributed by atoms with van der Waals surface area (Å²) in [5, 5.41) is 0. The summed E-state index contributed by atoms with van der Waals surface area (Å²) in [5.41, 5.74) is 2.21. The molecule has 0 N–H and O–H groups in total. The molecule has 98 valence electrons. The number of carbonyl (C=O) groups excluding carboxylic acids is 2. The number of nitrogens with zero attached hydrogens (tertiary/aromatic N) is 2. The minimum Gasteiger partial charge on any atom is -0.306 e. The summed E-state index contributed by atoms with van der Waals surface area (Å²) in [5.74, 6) is -0.143. The van der Waals surface area contributed by atoms with Crippen molar-refractivity contribution in [2.75, 3.05) is 0 Å². The largest absolute Gasteiger partial charge is 0.306 e. The molecule has 0 spiro atoms. The number of fused-ring (bicyclic) bond motifs is 1. The van der Waals surface area contributed by atoms with E-state index in [1.807, 2.05) is 18.2 Å². The number of carbonyl (C=O) groups is 2. The van der Waals surface area contributed by atoms with Crippen molar-refractivity contribution in [1.29, 1.82) is 0 Å². The van der Waals surface area contributed by atoms with Crippen molar-refractivity contribution in [2.24, 2.45) is 0 Å². The molecule has 0 aliphatic heterocycles. The van der Waals surface area contributed by atoms with Crippen molar-refractivity contribution in [2.45, 2.75) is 6.92 Å². The van der Waals surface area contributed by atoms with E-state index < -0.39 is 0 Å². The third-order valence-electron chi connectivity index (χ3n) is 3.13. The van der Waals surface area contributed by atoms with Crippen molar-refractivity contribution in [1.82, 2.24) is 9.38 Å². The minimum absolute atomic E-state index is 0.0171. The third-order valence-corrected chi connectivity index (χ3v) is 3.13. The second-order valence-electron chi connectivity index (χ2n) is 4.56. The van der Waals surface area contributed by atoms with E-state index in [0.717, 1.165) is 0 Å². The standard InChI is InChI=1S/C16H12N2O2/c1-11(19)13-7-8-15-17-14(10-18(15)9-13)16(20)12-5-3-2-4-6-12/h2-10H,1H3. The van der Waals surface area contributed by atoms with Gasteiger partial charge >= 0.3 is 0 Å². The van der Waals surface area contributed by atoms with Gasteiger partial charge in [-0.05, 0) is 19.1 Å². The fraction of sp³-hybridized carbons (Fsp3) is 0.0625. The van der Waals surface area contributed by atoms with Crippen molar-refractivity contribution in [3.63, 3.8) is 0 Å². The molecule has 4 nitrogen and oxygen atoms in total. The van der Waals surface area contributed by atoms with Crippen LogP contribution >= 0.6 is 0 Å². The highest BCUT2D eigenvalue weighted by atomic mass is 16.1. The Morgan fingerprint density at radius 1 is 0.950 bits per heavy atom. The zero-order valence-electron chi connectivity index (χ0n) is 10.9. The van der Waals surface area contributed by atoms with Crippen LogP contribution in [0.5, 0.6) is 0 Å². The highest BCUT2D eigenvalue weighted by Crippen LogP contribution is 2.12. The molecule has 0 atom stereocenters. The fourth-order valence-corrected chi connectivity index (χ4v) is 2.05. The second-order valence-corrected chi connectivity index (χ2v) is 4.56. The topological polar surface area (TPSA) is 51.4 Å². The van der Waals surface area contributed by atoms with Crippen LogP contribution in [0.25, 0.3) is 5.65 Å². The molecule has 2 heterocycles. The lowest BCUT2D eigenvalue weighted by molar-refractivity contribution is 0.101. The first-order valence-corrected chi connectivity index (χ1v) is 6.24. The smallest absolute Gasteiger partial charge is 0.212 e. The monoisotopic (exact) mass is 264 g/mol. The van der Waals surface area contributed by atoms with Gasteiger partial charge in [0.25, 0.3) is 0 Å². The summed E-state index contributed by atoms with van der Waals surface area (Å²) in [6.07, 6.45) is 3.34. The molecule has 0 aliphatic rings. The molecular weight excluding hydrogens is 252 g/mol. The maximum atomic E-state index is 12.3. The number of hydrogen-bond acceptors (Lipinski definition) is 3. The Balaban J connectivity index is 2.05. The van der Waals surface area contributed by atoms with Gasteiger partial charge in [0.2, 0.25) is 5.78 Å². The molecule has 0 fully saturated rings. The first-order chi connectivity index (χ1) is 9.65. The highest BCUT2D eigenvalue weighted by molar-refractivity contribution is 6.08. The van der Waals surface area contributed by atoms with E-state index in [9.17, 15) is 9.59 Å². The normalized spacial score (nSPS) is 10.7. The van der Waals surface area contributed by atoms with Crippen molar-refractivity contribution in [3.8, 4) is 0 Å². The first kappa shape index (κ1) is 12.3. The highest BCUT2D eigenvalue weighted by Gasteiger charge is 2.13. The van der Waals surface area contributed by atoms with Crippen LogP contribution in [-0.2, 0) is 0 Å². The molecular formula is C16H12N2O2. The van der Waals surface area contributed by atoms with Crippen LogP contribution in [0.3, 0.4) is 0 Å². The second kappa shape index (κ2) is 4.74. The SMILES string of the molecule is CC(=O)c1ccc2nc(C(=O)c3ccccc3)cn2c1. The zero-order valence-corrected chi connectivity index (χ0v) is 10.9. The van der Waals surface area contributed by atoms with Crippen LogP contribution in [0.4, 0.5) is 0 Å². The molecule has 20 heavy (non-hydrogen) atoms. The molecule has 0 saturated heterocycles. The lowest BCUT2D eigenvalue weighted by atomic mass is 10.1. The fourth-order valence-electron chi connectivity index (χ4n) is 2.05. The van der Waals surface area contributed by atoms with Crippen LogP contribution in [0.15, 0.2) is 54.9 Å². The van der Waals surface area contributed by atoms with E-state index >= 15 is 0 Å². The van der Waals surface area contributed by atoms with E-state index in [2.05, 4.69) is 4.98 Å². The van der Waals surface area contributed by atoms with Crippen LogP contribution in [0.1, 0.15) is 33.3 Å². The Kier molecular flexibility index (Phi) is 2.91. The number of aromatic nitrogens is 2. The van der Waals surface area contributed by atoms with E-state index in [4.69, 9.17) is 0 Å². The molecule has 0 amide bonds. The Labute approximate surface area is 115 Å². The number of rotatable bonds is 3. The number of hydrogen-bond donors (Lipinski definition) is 0. The van der Waals surface area contributed by atoms with Gasteiger partial charge in [-0.15, -0.1) is 0 Å². The van der Waals surface area contributed by atoms with Gasteiger partial charge in [0.15, 0.2) is 5.78 Å². The summed E-state index contributed by atoms with van der Waals surface area (Å²) in [4.78, 5) is 27.9. The molecule has 0 radical (unpaired) electrons. The summed E-state index contributed by atoms with van der Waals surface area (Å²) >= 11 is 0. The number of imidazole rings is 1.